The van der Waals surface area contributed by atoms with Gasteiger partial charge in [-0.1, -0.05) is 38.5 Å². The maximum Gasteiger partial charge on any atom is 0.408 e. The number of nitrogens with zero attached hydrogens (tertiary/aromatic N) is 2. The monoisotopic (exact) mass is 793 g/mol. The molecule has 4 heterocycles. The number of hydrogen-bond donors (Lipinski definition) is 3. The molecule has 15 heteroatoms. The molecule has 1 aromatic carbocycles. The molecule has 7 atom stereocenters. The Bertz CT molecular complexity index is 2040. The number of ether oxygens (including phenoxy) is 3. The summed E-state index contributed by atoms with van der Waals surface area (Å²) in [6.45, 7) is 11.5. The Morgan fingerprint density at radius 1 is 1.12 bits per heavy atom. The molecule has 2 aromatic rings. The summed E-state index contributed by atoms with van der Waals surface area (Å²) in [4.78, 5) is 62.8. The van der Waals surface area contributed by atoms with Crippen molar-refractivity contribution in [1.29, 1.82) is 0 Å². The van der Waals surface area contributed by atoms with Gasteiger partial charge in [0.1, 0.15) is 35.1 Å². The number of hydrogen-bond acceptors (Lipinski definition) is 10. The van der Waals surface area contributed by atoms with Crippen LogP contribution in [-0.4, -0.2) is 89.3 Å². The number of aromatic nitrogens is 1. The molecule has 7 unspecified atom stereocenters. The molecule has 0 spiro atoms. The molecule has 2 aliphatic carbocycles. The number of rotatable bonds is 7. The summed E-state index contributed by atoms with van der Waals surface area (Å²) in [5.41, 5.74) is -1.25. The summed E-state index contributed by atoms with van der Waals surface area (Å²) >= 11 is 0. The van der Waals surface area contributed by atoms with Gasteiger partial charge < -0.3 is 29.7 Å². The predicted octanol–water partition coefficient (Wildman–Crippen LogP) is 4.69. The van der Waals surface area contributed by atoms with E-state index in [1.807, 2.05) is 37.3 Å². The minimum Gasteiger partial charge on any atom is -0.492 e. The highest BCUT2D eigenvalue weighted by molar-refractivity contribution is 7.91. The first-order valence-corrected chi connectivity index (χ1v) is 21.5. The van der Waals surface area contributed by atoms with Crippen molar-refractivity contribution in [3.05, 3.63) is 42.1 Å². The number of sulfonamides is 1. The van der Waals surface area contributed by atoms with Crippen molar-refractivity contribution in [1.82, 2.24) is 25.2 Å². The minimum atomic E-state index is -4.00. The van der Waals surface area contributed by atoms with Crippen LogP contribution in [0.2, 0.25) is 0 Å². The van der Waals surface area contributed by atoms with Gasteiger partial charge in [-0.2, -0.15) is 0 Å². The van der Waals surface area contributed by atoms with Crippen LogP contribution in [0.5, 0.6) is 11.6 Å². The highest BCUT2D eigenvalue weighted by atomic mass is 32.2. The lowest BCUT2D eigenvalue weighted by molar-refractivity contribution is -0.142. The molecule has 7 rings (SSSR count). The first-order valence-electron chi connectivity index (χ1n) is 20.0. The standard InChI is InChI=1S/C41H55N5O9S/c1-7-25-20-24(2)10-8-9-11-27-22-41(27,37(49)45-56(51,52)40(6)16-17-40)44-34(47)31-21-28(23-46(31)36(48)32(25)43-38(50)55-39(3,4)5)54-35-30-13-12-26-15-19-53-33(26)29(30)14-18-42-35/h9,11-14,18,24-25,27-28,31-32H,7-8,10,15-17,19-23H2,1-6H3,(H,43,50)(H,44,47)(H,45,49). The summed E-state index contributed by atoms with van der Waals surface area (Å²) in [5.74, 6) is -1.34. The van der Waals surface area contributed by atoms with Crippen molar-refractivity contribution in [2.45, 2.75) is 133 Å². The molecule has 0 radical (unpaired) electrons. The maximum atomic E-state index is 15.0. The molecule has 3 aliphatic heterocycles. The number of nitrogens with one attached hydrogen (secondary N) is 3. The zero-order valence-electron chi connectivity index (χ0n) is 33.2. The summed E-state index contributed by atoms with van der Waals surface area (Å²) in [5, 5.41) is 7.38. The van der Waals surface area contributed by atoms with Crippen molar-refractivity contribution < 1.29 is 41.8 Å². The molecular weight excluding hydrogens is 739 g/mol. The van der Waals surface area contributed by atoms with Crippen molar-refractivity contribution in [2.24, 2.45) is 17.8 Å². The number of alkyl carbamates (subject to hydrolysis) is 1. The van der Waals surface area contributed by atoms with E-state index in [4.69, 9.17) is 14.2 Å². The Morgan fingerprint density at radius 2 is 1.89 bits per heavy atom. The van der Waals surface area contributed by atoms with Crippen molar-refractivity contribution in [3.63, 3.8) is 0 Å². The lowest BCUT2D eigenvalue weighted by atomic mass is 9.85. The highest BCUT2D eigenvalue weighted by Gasteiger charge is 2.63. The molecular formula is C41H55N5O9S. The van der Waals surface area contributed by atoms with Crippen LogP contribution in [0.3, 0.4) is 0 Å². The molecule has 3 fully saturated rings. The van der Waals surface area contributed by atoms with Crippen LogP contribution in [0.25, 0.3) is 10.8 Å². The van der Waals surface area contributed by atoms with Crippen LogP contribution in [0.15, 0.2) is 36.5 Å². The number of fused-ring (bicyclic) bond motifs is 5. The average Bonchev–Trinajstić information content (AvgIpc) is 3.91. The third kappa shape index (κ3) is 7.92. The topological polar surface area (TPSA) is 182 Å². The van der Waals surface area contributed by atoms with Crippen LogP contribution in [0.4, 0.5) is 4.79 Å². The third-order valence-corrected chi connectivity index (χ3v) is 14.3. The Hall–Kier alpha value is -4.40. The van der Waals surface area contributed by atoms with E-state index in [1.165, 1.54) is 4.90 Å². The molecule has 1 saturated heterocycles. The molecule has 2 saturated carbocycles. The molecule has 0 bridgehead atoms. The zero-order chi connectivity index (χ0) is 40.2. The number of carbonyl (C=O) groups excluding carboxylic acids is 4. The summed E-state index contributed by atoms with van der Waals surface area (Å²) in [6.07, 6.45) is 8.66. The molecule has 304 valence electrons. The first kappa shape index (κ1) is 39.8. The predicted molar refractivity (Wildman–Crippen MR) is 208 cm³/mol. The Morgan fingerprint density at radius 3 is 2.61 bits per heavy atom. The fourth-order valence-corrected chi connectivity index (χ4v) is 9.69. The van der Waals surface area contributed by atoms with Gasteiger partial charge in [0.25, 0.3) is 5.91 Å². The lowest BCUT2D eigenvalue weighted by Crippen LogP contribution is -2.59. The molecule has 14 nitrogen and oxygen atoms in total. The van der Waals surface area contributed by atoms with Gasteiger partial charge in [0, 0.05) is 35.7 Å². The van der Waals surface area contributed by atoms with E-state index in [9.17, 15) is 27.6 Å². The van der Waals surface area contributed by atoms with E-state index in [2.05, 4.69) is 27.3 Å². The largest absolute Gasteiger partial charge is 0.492 e. The van der Waals surface area contributed by atoms with Crippen LogP contribution in [-0.2, 0) is 35.6 Å². The average molecular weight is 794 g/mol. The number of carbonyl (C=O) groups is 4. The highest BCUT2D eigenvalue weighted by Crippen LogP contribution is 2.48. The van der Waals surface area contributed by atoms with E-state index in [1.54, 1.807) is 33.9 Å². The second-order valence-corrected chi connectivity index (χ2v) is 19.8. The van der Waals surface area contributed by atoms with Gasteiger partial charge >= 0.3 is 6.09 Å². The van der Waals surface area contributed by atoms with Gasteiger partial charge in [0.2, 0.25) is 27.7 Å². The second-order valence-electron chi connectivity index (χ2n) is 17.6. The number of pyridine rings is 1. The van der Waals surface area contributed by atoms with Crippen molar-refractivity contribution in [3.8, 4) is 11.6 Å². The molecule has 56 heavy (non-hydrogen) atoms. The van der Waals surface area contributed by atoms with Gasteiger partial charge in [0.05, 0.1) is 17.9 Å². The van der Waals surface area contributed by atoms with Crippen LogP contribution in [0.1, 0.15) is 98.5 Å². The van der Waals surface area contributed by atoms with Gasteiger partial charge in [-0.3, -0.25) is 19.1 Å². The van der Waals surface area contributed by atoms with E-state index in [0.29, 0.717) is 44.6 Å². The molecule has 4 amide bonds. The maximum absolute atomic E-state index is 15.0. The summed E-state index contributed by atoms with van der Waals surface area (Å²) < 4.78 is 45.8. The molecule has 1 aromatic heterocycles. The van der Waals surface area contributed by atoms with E-state index in [0.717, 1.165) is 34.9 Å². The number of amides is 4. The van der Waals surface area contributed by atoms with Crippen LogP contribution < -0.4 is 24.8 Å². The van der Waals surface area contributed by atoms with Crippen molar-refractivity contribution >= 4 is 44.6 Å². The van der Waals surface area contributed by atoms with Crippen molar-refractivity contribution in [2.75, 3.05) is 13.2 Å². The van der Waals surface area contributed by atoms with Gasteiger partial charge in [0.15, 0.2) is 0 Å². The number of benzene rings is 1. The third-order valence-electron chi connectivity index (χ3n) is 12.1. The van der Waals surface area contributed by atoms with Crippen LogP contribution in [0, 0.1) is 17.8 Å². The Kier molecular flexibility index (Phi) is 10.5. The fraction of sp³-hybridized carbons (Fsp3) is 0.634. The Balaban J connectivity index is 1.24. The first-order chi connectivity index (χ1) is 26.4. The Labute approximate surface area is 328 Å². The normalized spacial score (nSPS) is 30.1. The van der Waals surface area contributed by atoms with E-state index < -0.39 is 73.8 Å². The van der Waals surface area contributed by atoms with E-state index in [-0.39, 0.29) is 31.2 Å². The number of allylic oxidation sites excluding steroid dienone is 1. The zero-order valence-corrected chi connectivity index (χ0v) is 34.0. The van der Waals surface area contributed by atoms with Crippen LogP contribution >= 0.6 is 0 Å². The minimum absolute atomic E-state index is 0.00975. The summed E-state index contributed by atoms with van der Waals surface area (Å²) in [7, 11) is -4.00. The van der Waals surface area contributed by atoms with E-state index >= 15 is 0 Å². The second kappa shape index (κ2) is 14.8. The lowest BCUT2D eigenvalue weighted by Gasteiger charge is -2.34. The SMILES string of the molecule is CCC1CC(C)CCC=CC2CC2(C(=O)NS(=O)(=O)C2(C)CC2)NC(=O)C2CC(Oc3nccc4c5c(ccc34)CCO5)CN2C(=O)C1NC(=O)OC(C)(C)C. The molecule has 5 aliphatic rings. The quantitative estimate of drug-likeness (QED) is 0.333. The van der Waals surface area contributed by atoms with Gasteiger partial charge in [-0.15, -0.1) is 0 Å². The fourth-order valence-electron chi connectivity index (χ4n) is 8.38. The van der Waals surface area contributed by atoms with Gasteiger partial charge in [-0.25, -0.2) is 18.2 Å². The molecule has 3 N–H and O–H groups in total. The summed E-state index contributed by atoms with van der Waals surface area (Å²) in [6, 6.07) is 3.64. The van der Waals surface area contributed by atoms with Gasteiger partial charge in [-0.05, 0) is 95.8 Å². The smallest absolute Gasteiger partial charge is 0.408 e.